The van der Waals surface area contributed by atoms with Crippen molar-refractivity contribution in [3.05, 3.63) is 28.8 Å². The van der Waals surface area contributed by atoms with Crippen LogP contribution < -0.4 is 10.5 Å². The first-order valence-corrected chi connectivity index (χ1v) is 6.77. The van der Waals surface area contributed by atoms with Crippen LogP contribution in [0.1, 0.15) is 24.9 Å². The van der Waals surface area contributed by atoms with Crippen molar-refractivity contribution in [2.75, 3.05) is 33.5 Å². The maximum atomic E-state index is 5.95. The Hall–Kier alpha value is -0.810. The van der Waals surface area contributed by atoms with E-state index < -0.39 is 0 Å². The molecule has 0 aromatic heterocycles. The monoisotopic (exact) mass is 287 g/mol. The fourth-order valence-corrected chi connectivity index (χ4v) is 1.81. The van der Waals surface area contributed by atoms with Crippen LogP contribution in [0, 0.1) is 0 Å². The number of rotatable bonds is 9. The second kappa shape index (κ2) is 9.15. The van der Waals surface area contributed by atoms with Gasteiger partial charge in [0.05, 0.1) is 6.61 Å². The Balaban J connectivity index is 2.33. The van der Waals surface area contributed by atoms with E-state index in [0.29, 0.717) is 31.5 Å². The van der Waals surface area contributed by atoms with Crippen LogP contribution in [0.25, 0.3) is 0 Å². The molecule has 19 heavy (non-hydrogen) atoms. The SMILES string of the molecule is COCCCOCCOc1ccc(Cl)cc1C(C)N. The van der Waals surface area contributed by atoms with Gasteiger partial charge >= 0.3 is 0 Å². The Morgan fingerprint density at radius 3 is 2.68 bits per heavy atom. The van der Waals surface area contributed by atoms with E-state index in [0.717, 1.165) is 17.7 Å². The lowest BCUT2D eigenvalue weighted by Crippen LogP contribution is -2.12. The summed E-state index contributed by atoms with van der Waals surface area (Å²) < 4.78 is 16.0. The van der Waals surface area contributed by atoms with Crippen LogP contribution in [0.4, 0.5) is 0 Å². The topological polar surface area (TPSA) is 53.7 Å². The zero-order valence-electron chi connectivity index (χ0n) is 11.5. The third-order valence-electron chi connectivity index (χ3n) is 2.58. The van der Waals surface area contributed by atoms with Gasteiger partial charge in [0, 0.05) is 37.0 Å². The van der Waals surface area contributed by atoms with E-state index in [-0.39, 0.29) is 6.04 Å². The summed E-state index contributed by atoms with van der Waals surface area (Å²) in [6.45, 7) is 4.34. The normalized spacial score (nSPS) is 12.4. The van der Waals surface area contributed by atoms with E-state index in [1.54, 1.807) is 13.2 Å². The van der Waals surface area contributed by atoms with Gasteiger partial charge in [0.25, 0.3) is 0 Å². The lowest BCUT2D eigenvalue weighted by molar-refractivity contribution is 0.0803. The molecule has 0 saturated carbocycles. The number of benzene rings is 1. The highest BCUT2D eigenvalue weighted by molar-refractivity contribution is 6.30. The molecule has 0 spiro atoms. The molecule has 4 nitrogen and oxygen atoms in total. The van der Waals surface area contributed by atoms with Gasteiger partial charge in [-0.3, -0.25) is 0 Å². The highest BCUT2D eigenvalue weighted by atomic mass is 35.5. The zero-order valence-corrected chi connectivity index (χ0v) is 12.3. The molecule has 0 bridgehead atoms. The van der Waals surface area contributed by atoms with E-state index in [9.17, 15) is 0 Å². The highest BCUT2D eigenvalue weighted by Crippen LogP contribution is 2.27. The molecule has 1 aromatic carbocycles. The molecule has 1 aromatic rings. The summed E-state index contributed by atoms with van der Waals surface area (Å²) in [6.07, 6.45) is 0.891. The molecule has 0 amide bonds. The standard InChI is InChI=1S/C14H22ClNO3/c1-11(16)13-10-12(15)4-5-14(13)19-9-8-18-7-3-6-17-2/h4-5,10-11H,3,6-9,16H2,1-2H3. The van der Waals surface area contributed by atoms with Gasteiger partial charge in [-0.25, -0.2) is 0 Å². The van der Waals surface area contributed by atoms with Crippen molar-refractivity contribution < 1.29 is 14.2 Å². The zero-order chi connectivity index (χ0) is 14.1. The van der Waals surface area contributed by atoms with Gasteiger partial charge in [-0.15, -0.1) is 0 Å². The number of methoxy groups -OCH3 is 1. The Kier molecular flexibility index (Phi) is 7.82. The maximum Gasteiger partial charge on any atom is 0.124 e. The Bertz CT molecular complexity index is 372. The van der Waals surface area contributed by atoms with E-state index >= 15 is 0 Å². The predicted molar refractivity (Wildman–Crippen MR) is 76.9 cm³/mol. The van der Waals surface area contributed by atoms with E-state index in [4.69, 9.17) is 31.5 Å². The van der Waals surface area contributed by atoms with Crippen molar-refractivity contribution in [2.45, 2.75) is 19.4 Å². The number of halogens is 1. The van der Waals surface area contributed by atoms with Gasteiger partial charge in [-0.1, -0.05) is 11.6 Å². The first-order chi connectivity index (χ1) is 9.15. The van der Waals surface area contributed by atoms with Crippen LogP contribution in [0.15, 0.2) is 18.2 Å². The molecule has 0 fully saturated rings. The minimum absolute atomic E-state index is 0.115. The molecule has 0 aliphatic heterocycles. The number of nitrogens with two attached hydrogens (primary N) is 1. The molecule has 0 aliphatic rings. The van der Waals surface area contributed by atoms with Crippen LogP contribution in [0.3, 0.4) is 0 Å². The summed E-state index contributed by atoms with van der Waals surface area (Å²) in [5, 5.41) is 0.662. The summed E-state index contributed by atoms with van der Waals surface area (Å²) in [5.74, 6) is 0.764. The van der Waals surface area contributed by atoms with E-state index in [1.807, 2.05) is 19.1 Å². The quantitative estimate of drug-likeness (QED) is 0.710. The van der Waals surface area contributed by atoms with Crippen LogP contribution in [0.5, 0.6) is 5.75 Å². The van der Waals surface area contributed by atoms with Crippen molar-refractivity contribution in [2.24, 2.45) is 5.73 Å². The fourth-order valence-electron chi connectivity index (χ4n) is 1.62. The average molecular weight is 288 g/mol. The van der Waals surface area contributed by atoms with Crippen molar-refractivity contribution in [3.63, 3.8) is 0 Å². The van der Waals surface area contributed by atoms with Gasteiger partial charge in [0.15, 0.2) is 0 Å². The van der Waals surface area contributed by atoms with Gasteiger partial charge in [0.1, 0.15) is 12.4 Å². The molecular formula is C14H22ClNO3. The molecule has 2 N–H and O–H groups in total. The Morgan fingerprint density at radius 2 is 2.00 bits per heavy atom. The second-order valence-electron chi connectivity index (χ2n) is 4.28. The van der Waals surface area contributed by atoms with Crippen LogP contribution >= 0.6 is 11.6 Å². The van der Waals surface area contributed by atoms with Crippen molar-refractivity contribution in [1.82, 2.24) is 0 Å². The molecule has 108 valence electrons. The largest absolute Gasteiger partial charge is 0.491 e. The Labute approximate surface area is 119 Å². The molecule has 1 rings (SSSR count). The first-order valence-electron chi connectivity index (χ1n) is 6.39. The third kappa shape index (κ3) is 6.25. The van der Waals surface area contributed by atoms with Crippen LogP contribution in [-0.2, 0) is 9.47 Å². The molecule has 5 heteroatoms. The summed E-state index contributed by atoms with van der Waals surface area (Å²) in [4.78, 5) is 0. The Morgan fingerprint density at radius 1 is 1.21 bits per heavy atom. The third-order valence-corrected chi connectivity index (χ3v) is 2.82. The van der Waals surface area contributed by atoms with Crippen LogP contribution in [-0.4, -0.2) is 33.5 Å². The smallest absolute Gasteiger partial charge is 0.124 e. The minimum Gasteiger partial charge on any atom is -0.491 e. The van der Waals surface area contributed by atoms with Crippen molar-refractivity contribution in [1.29, 1.82) is 0 Å². The molecule has 0 saturated heterocycles. The maximum absolute atomic E-state index is 5.95. The average Bonchev–Trinajstić information content (AvgIpc) is 2.39. The minimum atomic E-state index is -0.115. The number of ether oxygens (including phenoxy) is 3. The molecule has 0 aliphatic carbocycles. The van der Waals surface area contributed by atoms with Gasteiger partial charge in [0.2, 0.25) is 0 Å². The van der Waals surface area contributed by atoms with E-state index in [2.05, 4.69) is 0 Å². The second-order valence-corrected chi connectivity index (χ2v) is 4.71. The van der Waals surface area contributed by atoms with Gasteiger partial charge < -0.3 is 19.9 Å². The van der Waals surface area contributed by atoms with Crippen LogP contribution in [0.2, 0.25) is 5.02 Å². The summed E-state index contributed by atoms with van der Waals surface area (Å²) in [6, 6.07) is 5.35. The molecular weight excluding hydrogens is 266 g/mol. The van der Waals surface area contributed by atoms with E-state index in [1.165, 1.54) is 0 Å². The number of hydrogen-bond donors (Lipinski definition) is 1. The molecule has 0 radical (unpaired) electrons. The van der Waals surface area contributed by atoms with Gasteiger partial charge in [-0.2, -0.15) is 0 Å². The lowest BCUT2D eigenvalue weighted by Gasteiger charge is -2.14. The molecule has 1 unspecified atom stereocenters. The molecule has 0 heterocycles. The first kappa shape index (κ1) is 16.2. The summed E-state index contributed by atoms with van der Waals surface area (Å²) >= 11 is 5.95. The summed E-state index contributed by atoms with van der Waals surface area (Å²) in [7, 11) is 1.68. The number of hydrogen-bond acceptors (Lipinski definition) is 4. The fraction of sp³-hybridized carbons (Fsp3) is 0.571. The molecule has 1 atom stereocenters. The lowest BCUT2D eigenvalue weighted by atomic mass is 10.1. The predicted octanol–water partition coefficient (Wildman–Crippen LogP) is 2.79. The van der Waals surface area contributed by atoms with Crippen molar-refractivity contribution >= 4 is 11.6 Å². The van der Waals surface area contributed by atoms with Crippen molar-refractivity contribution in [3.8, 4) is 5.75 Å². The summed E-state index contributed by atoms with van der Waals surface area (Å²) in [5.41, 5.74) is 6.79. The van der Waals surface area contributed by atoms with Gasteiger partial charge in [-0.05, 0) is 31.5 Å². The highest BCUT2D eigenvalue weighted by Gasteiger charge is 2.08.